The molecule has 2 aliphatic rings. The smallest absolute Gasteiger partial charge is 0.395 e. The van der Waals surface area contributed by atoms with Gasteiger partial charge in [-0.2, -0.15) is 0 Å². The van der Waals surface area contributed by atoms with Crippen molar-refractivity contribution < 1.29 is 23.0 Å². The lowest BCUT2D eigenvalue weighted by molar-refractivity contribution is -0.286. The van der Waals surface area contributed by atoms with Gasteiger partial charge in [0.1, 0.15) is 5.82 Å². The summed E-state index contributed by atoms with van der Waals surface area (Å²) in [5, 5.41) is 2.82. The van der Waals surface area contributed by atoms with Crippen LogP contribution < -0.4 is 14.8 Å². The molecule has 5 nitrogen and oxygen atoms in total. The summed E-state index contributed by atoms with van der Waals surface area (Å²) in [5.41, 5.74) is 1.77. The summed E-state index contributed by atoms with van der Waals surface area (Å²) >= 11 is 0. The molecule has 2 aromatic rings. The van der Waals surface area contributed by atoms with Crippen LogP contribution >= 0.6 is 0 Å². The number of alkyl halides is 2. The van der Waals surface area contributed by atoms with E-state index in [4.69, 9.17) is 0 Å². The number of amides is 1. The molecule has 0 unspecified atom stereocenters. The molecule has 4 rings (SSSR count). The number of halogens is 2. The first-order valence-corrected chi connectivity index (χ1v) is 7.95. The molecular formula is C18H16F2N2O3. The number of hydrogen-bond donors (Lipinski definition) is 1. The average Bonchev–Trinajstić information content (AvgIpc) is 3.28. The molecule has 1 aromatic heterocycles. The van der Waals surface area contributed by atoms with Crippen LogP contribution in [-0.4, -0.2) is 17.2 Å². The number of fused-ring (bicyclic) bond motifs is 1. The number of carbonyl (C=O) groups excluding carboxylic acids is 1. The summed E-state index contributed by atoms with van der Waals surface area (Å²) in [4.78, 5) is 17.1. The Morgan fingerprint density at radius 3 is 2.52 bits per heavy atom. The molecule has 1 N–H and O–H groups in total. The molecule has 0 saturated heterocycles. The zero-order chi connectivity index (χ0) is 17.8. The number of aromatic nitrogens is 1. The van der Waals surface area contributed by atoms with Gasteiger partial charge in [-0.25, -0.2) is 4.98 Å². The maximum atomic E-state index is 13.2. The molecule has 1 aromatic carbocycles. The number of rotatable bonds is 3. The standard InChI is InChI=1S/C18H16F2N2O3/c1-10-3-6-15(21-11(10)2)22-16(23)17(7-8-17)12-4-5-13-14(9-12)25-18(19,20)24-13/h3-6,9H,7-8H2,1-2H3,(H,21,22,23). The Morgan fingerprint density at radius 1 is 1.12 bits per heavy atom. The van der Waals surface area contributed by atoms with Crippen LogP contribution in [0.1, 0.15) is 29.7 Å². The Kier molecular flexibility index (Phi) is 3.25. The first-order chi connectivity index (χ1) is 11.8. The molecule has 1 aliphatic carbocycles. The van der Waals surface area contributed by atoms with Gasteiger partial charge in [0.05, 0.1) is 5.41 Å². The average molecular weight is 346 g/mol. The molecule has 1 saturated carbocycles. The largest absolute Gasteiger partial charge is 0.586 e. The maximum Gasteiger partial charge on any atom is 0.586 e. The van der Waals surface area contributed by atoms with Gasteiger partial charge in [-0.1, -0.05) is 12.1 Å². The number of benzene rings is 1. The molecule has 0 radical (unpaired) electrons. The summed E-state index contributed by atoms with van der Waals surface area (Å²) in [6.07, 6.45) is -2.39. The van der Waals surface area contributed by atoms with Gasteiger partial charge in [-0.3, -0.25) is 4.79 Å². The van der Waals surface area contributed by atoms with E-state index in [0.29, 0.717) is 24.2 Å². The van der Waals surface area contributed by atoms with Gasteiger partial charge in [0, 0.05) is 5.69 Å². The maximum absolute atomic E-state index is 13.2. The normalized spacial score (nSPS) is 18.7. The predicted molar refractivity (Wildman–Crippen MR) is 85.9 cm³/mol. The lowest BCUT2D eigenvalue weighted by Crippen LogP contribution is -2.28. The Morgan fingerprint density at radius 2 is 1.84 bits per heavy atom. The van der Waals surface area contributed by atoms with E-state index in [1.807, 2.05) is 19.9 Å². The van der Waals surface area contributed by atoms with Crippen LogP contribution in [0, 0.1) is 13.8 Å². The lowest BCUT2D eigenvalue weighted by Gasteiger charge is -2.16. The minimum Gasteiger partial charge on any atom is -0.395 e. The first kappa shape index (κ1) is 15.8. The van der Waals surface area contributed by atoms with E-state index in [2.05, 4.69) is 19.8 Å². The highest BCUT2D eigenvalue weighted by Gasteiger charge is 2.52. The van der Waals surface area contributed by atoms with E-state index < -0.39 is 11.7 Å². The zero-order valence-corrected chi connectivity index (χ0v) is 13.7. The molecule has 7 heteroatoms. The monoisotopic (exact) mass is 346 g/mol. The van der Waals surface area contributed by atoms with Crippen molar-refractivity contribution in [1.29, 1.82) is 0 Å². The second-order valence-electron chi connectivity index (χ2n) is 6.46. The number of ether oxygens (including phenoxy) is 2. The van der Waals surface area contributed by atoms with Gasteiger partial charge in [0.2, 0.25) is 5.91 Å². The van der Waals surface area contributed by atoms with Crippen LogP contribution in [0.2, 0.25) is 0 Å². The van der Waals surface area contributed by atoms with Crippen molar-refractivity contribution in [2.45, 2.75) is 38.4 Å². The number of aryl methyl sites for hydroxylation is 2. The number of anilines is 1. The number of nitrogens with zero attached hydrogens (tertiary/aromatic N) is 1. The highest BCUT2D eigenvalue weighted by Crippen LogP contribution is 2.52. The highest BCUT2D eigenvalue weighted by atomic mass is 19.3. The van der Waals surface area contributed by atoms with Crippen LogP contribution in [-0.2, 0) is 10.2 Å². The van der Waals surface area contributed by atoms with Gasteiger partial charge in [-0.05, 0) is 56.0 Å². The fourth-order valence-electron chi connectivity index (χ4n) is 2.95. The van der Waals surface area contributed by atoms with Gasteiger partial charge in [-0.15, -0.1) is 8.78 Å². The van der Waals surface area contributed by atoms with Crippen LogP contribution in [0.15, 0.2) is 30.3 Å². The molecule has 1 fully saturated rings. The molecule has 2 heterocycles. The fourth-order valence-corrected chi connectivity index (χ4v) is 2.95. The van der Waals surface area contributed by atoms with E-state index in [-0.39, 0.29) is 17.4 Å². The van der Waals surface area contributed by atoms with E-state index >= 15 is 0 Å². The molecule has 0 bridgehead atoms. The molecule has 0 atom stereocenters. The molecule has 130 valence electrons. The van der Waals surface area contributed by atoms with E-state index in [0.717, 1.165) is 11.3 Å². The van der Waals surface area contributed by atoms with Crippen LogP contribution in [0.4, 0.5) is 14.6 Å². The third-order valence-electron chi connectivity index (χ3n) is 4.73. The van der Waals surface area contributed by atoms with Crippen molar-refractivity contribution in [3.63, 3.8) is 0 Å². The number of hydrogen-bond acceptors (Lipinski definition) is 4. The summed E-state index contributed by atoms with van der Waals surface area (Å²) in [7, 11) is 0. The minimum atomic E-state index is -3.66. The summed E-state index contributed by atoms with van der Waals surface area (Å²) < 4.78 is 35.2. The Hall–Kier alpha value is -2.70. The SMILES string of the molecule is Cc1ccc(NC(=O)C2(c3ccc4c(c3)OC(F)(F)O4)CC2)nc1C. The first-order valence-electron chi connectivity index (χ1n) is 7.95. The van der Waals surface area contributed by atoms with Crippen molar-refractivity contribution in [1.82, 2.24) is 4.98 Å². The predicted octanol–water partition coefficient (Wildman–Crippen LogP) is 3.69. The number of carbonyl (C=O) groups is 1. The highest BCUT2D eigenvalue weighted by molar-refractivity contribution is 6.01. The summed E-state index contributed by atoms with van der Waals surface area (Å²) in [5.74, 6) is 0.201. The van der Waals surface area contributed by atoms with Crippen LogP contribution in [0.25, 0.3) is 0 Å². The third kappa shape index (κ3) is 2.69. The minimum absolute atomic E-state index is 0.0271. The van der Waals surface area contributed by atoms with E-state index in [1.54, 1.807) is 12.1 Å². The second kappa shape index (κ2) is 5.15. The topological polar surface area (TPSA) is 60.5 Å². The van der Waals surface area contributed by atoms with E-state index in [9.17, 15) is 13.6 Å². The molecule has 25 heavy (non-hydrogen) atoms. The van der Waals surface area contributed by atoms with Gasteiger partial charge in [0.25, 0.3) is 0 Å². The number of nitrogens with one attached hydrogen (secondary N) is 1. The Balaban J connectivity index is 1.58. The summed E-state index contributed by atoms with van der Waals surface area (Å²) in [6.45, 7) is 3.81. The van der Waals surface area contributed by atoms with Crippen molar-refractivity contribution >= 4 is 11.7 Å². The zero-order valence-electron chi connectivity index (χ0n) is 13.7. The quantitative estimate of drug-likeness (QED) is 0.921. The van der Waals surface area contributed by atoms with Crippen molar-refractivity contribution in [2.75, 3.05) is 5.32 Å². The van der Waals surface area contributed by atoms with Crippen molar-refractivity contribution in [3.8, 4) is 11.5 Å². The van der Waals surface area contributed by atoms with Gasteiger partial charge in [0.15, 0.2) is 11.5 Å². The Labute approximate surface area is 143 Å². The molecule has 1 aliphatic heterocycles. The van der Waals surface area contributed by atoms with Gasteiger partial charge < -0.3 is 14.8 Å². The van der Waals surface area contributed by atoms with Crippen LogP contribution in [0.3, 0.4) is 0 Å². The van der Waals surface area contributed by atoms with Gasteiger partial charge >= 0.3 is 6.29 Å². The fraction of sp³-hybridized carbons (Fsp3) is 0.333. The number of pyridine rings is 1. The van der Waals surface area contributed by atoms with E-state index in [1.165, 1.54) is 12.1 Å². The van der Waals surface area contributed by atoms with Crippen LogP contribution in [0.5, 0.6) is 11.5 Å². The lowest BCUT2D eigenvalue weighted by atomic mass is 9.94. The van der Waals surface area contributed by atoms with Crippen molar-refractivity contribution in [3.05, 3.63) is 47.2 Å². The summed E-state index contributed by atoms with van der Waals surface area (Å²) in [6, 6.07) is 8.13. The second-order valence-corrected chi connectivity index (χ2v) is 6.46. The Bertz CT molecular complexity index is 879. The molecule has 1 amide bonds. The van der Waals surface area contributed by atoms with Crippen molar-refractivity contribution in [2.24, 2.45) is 0 Å². The third-order valence-corrected chi connectivity index (χ3v) is 4.73. The molecule has 0 spiro atoms. The molecular weight excluding hydrogens is 330 g/mol.